The highest BCUT2D eigenvalue weighted by atomic mass is 32.2. The Balaban J connectivity index is 0.921. The van der Waals surface area contributed by atoms with Crippen LogP contribution in [0.25, 0.3) is 21.5 Å². The molecule has 0 saturated heterocycles. The van der Waals surface area contributed by atoms with Crippen molar-refractivity contribution >= 4 is 160 Å². The van der Waals surface area contributed by atoms with Gasteiger partial charge in [0.1, 0.15) is 0 Å². The Morgan fingerprint density at radius 2 is 0.831 bits per heavy atom. The summed E-state index contributed by atoms with van der Waals surface area (Å²) in [5.74, 6) is 0. The van der Waals surface area contributed by atoms with Crippen molar-refractivity contribution in [2.75, 3.05) is 19.6 Å². The molecule has 13 aromatic carbocycles. The van der Waals surface area contributed by atoms with E-state index in [9.17, 15) is 0 Å². The van der Waals surface area contributed by atoms with Gasteiger partial charge in [-0.1, -0.05) is 198 Å². The summed E-state index contributed by atoms with van der Waals surface area (Å²) in [4.78, 5) is 15.2. The molecule has 8 heteroatoms. The quantitative estimate of drug-likeness (QED) is 0.140. The molecule has 0 amide bonds. The number of fused-ring (bicyclic) bond motifs is 12. The minimum atomic E-state index is -0.0707. The highest BCUT2D eigenvalue weighted by Gasteiger charge is 2.47. The van der Waals surface area contributed by atoms with Crippen LogP contribution in [-0.2, 0) is 0 Å². The van der Waals surface area contributed by atoms with Gasteiger partial charge >= 0.3 is 0 Å². The first kappa shape index (κ1) is 48.1. The average Bonchev–Trinajstić information content (AvgIpc) is 2.34. The predicted octanol–water partition coefficient (Wildman–Crippen LogP) is 16.8. The molecule has 0 aromatic heterocycles. The van der Waals surface area contributed by atoms with Gasteiger partial charge in [-0.3, -0.25) is 0 Å². The maximum atomic E-state index is 2.64. The molecular weight excluding hydrogens is 1040 g/mol. The molecule has 13 aromatic rings. The smallest absolute Gasteiger partial charge is 0.252 e. The van der Waals surface area contributed by atoms with E-state index in [1.807, 2.05) is 23.5 Å². The van der Waals surface area contributed by atoms with Crippen molar-refractivity contribution in [1.29, 1.82) is 0 Å². The van der Waals surface area contributed by atoms with Crippen LogP contribution < -0.4 is 52.4 Å². The molecule has 4 aliphatic heterocycles. The Bertz CT molecular complexity index is 4640. The van der Waals surface area contributed by atoms with Crippen molar-refractivity contribution < 1.29 is 0 Å². The van der Waals surface area contributed by atoms with E-state index < -0.39 is 0 Å². The van der Waals surface area contributed by atoms with E-state index >= 15 is 0 Å². The molecule has 0 spiro atoms. The SMILES string of the molecule is Cc1ccc(N2c3ccccc3B3c4cc5c(cc4N(c4ccccc4)c4c3c2cc2cc(N(c3ccccc3)c3ccccc3)ccc42)Sc2c3c(cc4cc(N(c6ccccc6)c6ccccc6)ccc24)Sc2ccccc2B53)cc1. The van der Waals surface area contributed by atoms with Gasteiger partial charge in [0.25, 0.3) is 6.71 Å². The molecule has 0 radical (unpaired) electrons. The summed E-state index contributed by atoms with van der Waals surface area (Å²) in [7, 11) is 0. The van der Waals surface area contributed by atoms with Crippen LogP contribution in [0.15, 0.2) is 305 Å². The number of hydrogen-bond acceptors (Lipinski definition) is 6. The number of para-hydroxylation sites is 6. The van der Waals surface area contributed by atoms with Gasteiger partial charge in [-0.2, -0.15) is 0 Å². The largest absolute Gasteiger partial charge is 0.311 e. The lowest BCUT2D eigenvalue weighted by molar-refractivity contribution is 1.25. The van der Waals surface area contributed by atoms with Crippen LogP contribution in [0.3, 0.4) is 0 Å². The van der Waals surface area contributed by atoms with Crippen LogP contribution in [0.5, 0.6) is 0 Å². The van der Waals surface area contributed by atoms with Crippen LogP contribution in [0, 0.1) is 6.92 Å². The number of nitrogens with zero attached hydrogens (tertiary/aromatic N) is 4. The van der Waals surface area contributed by atoms with E-state index in [1.54, 1.807) is 0 Å². The summed E-state index contributed by atoms with van der Waals surface area (Å²) in [5.41, 5.74) is 23.1. The van der Waals surface area contributed by atoms with E-state index in [0.29, 0.717) is 0 Å². The molecule has 4 nitrogen and oxygen atoms in total. The van der Waals surface area contributed by atoms with Gasteiger partial charge < -0.3 is 19.6 Å². The summed E-state index contributed by atoms with van der Waals surface area (Å²) < 4.78 is 0. The molecule has 0 saturated carbocycles. The fraction of sp³-hybridized carbons (Fsp3) is 0.0133. The standard InChI is InChI=1S/C75H50B2N4S2/c1-49-35-37-57(38-36-49)80-66-33-19-17-31-62(66)76-64-47-65-70(83-75-61-42-40-59(79(54-25-11-4-12-26-54)55-27-13-5-14-28-55)44-51(61)46-71-73(75)77(65)63-32-18-20-34-69(63)82-71)48-67(64)81(56-29-15-6-16-30-56)74-60-41-39-58(43-50(60)45-68(80)72(74)76)78(52-21-7-2-8-22-52)53-23-9-3-10-24-53/h2-48H,1H3. The normalized spacial score (nSPS) is 13.2. The molecule has 0 bridgehead atoms. The molecule has 17 rings (SSSR count). The zero-order valence-corrected chi connectivity index (χ0v) is 47.0. The lowest BCUT2D eigenvalue weighted by atomic mass is 9.31. The summed E-state index contributed by atoms with van der Waals surface area (Å²) in [6, 6.07) is 106. The third kappa shape index (κ3) is 7.66. The molecule has 0 aliphatic carbocycles. The van der Waals surface area contributed by atoms with Gasteiger partial charge in [-0.05, 0) is 172 Å². The first-order valence-corrected chi connectivity index (χ1v) is 30.2. The van der Waals surface area contributed by atoms with Crippen LogP contribution in [0.4, 0.5) is 68.2 Å². The molecule has 83 heavy (non-hydrogen) atoms. The highest BCUT2D eigenvalue weighted by Crippen LogP contribution is 2.51. The highest BCUT2D eigenvalue weighted by molar-refractivity contribution is 8.01. The molecule has 4 aliphatic rings. The second-order valence-corrected chi connectivity index (χ2v) is 24.2. The second-order valence-electron chi connectivity index (χ2n) is 22.1. The number of hydrogen-bond donors (Lipinski definition) is 0. The van der Waals surface area contributed by atoms with Crippen molar-refractivity contribution in [2.45, 2.75) is 26.5 Å². The van der Waals surface area contributed by atoms with Crippen molar-refractivity contribution in [3.05, 3.63) is 291 Å². The summed E-state index contributed by atoms with van der Waals surface area (Å²) in [6.07, 6.45) is 0. The van der Waals surface area contributed by atoms with Crippen molar-refractivity contribution in [3.63, 3.8) is 0 Å². The zero-order valence-electron chi connectivity index (χ0n) is 45.4. The number of aryl methyl sites for hydroxylation is 1. The number of anilines is 12. The third-order valence-corrected chi connectivity index (χ3v) is 19.7. The van der Waals surface area contributed by atoms with Crippen LogP contribution >= 0.6 is 23.5 Å². The lowest BCUT2D eigenvalue weighted by Crippen LogP contribution is -2.64. The monoisotopic (exact) mass is 1090 g/mol. The molecule has 0 atom stereocenters. The van der Waals surface area contributed by atoms with E-state index in [2.05, 4.69) is 312 Å². The Morgan fingerprint density at radius 3 is 1.46 bits per heavy atom. The Labute approximate surface area is 493 Å². The minimum Gasteiger partial charge on any atom is -0.311 e. The zero-order chi connectivity index (χ0) is 54.7. The van der Waals surface area contributed by atoms with Gasteiger partial charge in [-0.25, -0.2) is 0 Å². The fourth-order valence-corrected chi connectivity index (χ4v) is 16.3. The molecular formula is C75H50B2N4S2. The first-order valence-electron chi connectivity index (χ1n) is 28.5. The van der Waals surface area contributed by atoms with Crippen LogP contribution in [0.2, 0.25) is 0 Å². The summed E-state index contributed by atoms with van der Waals surface area (Å²) >= 11 is 3.89. The van der Waals surface area contributed by atoms with Gasteiger partial charge in [-0.15, -0.1) is 0 Å². The average molecular weight is 1090 g/mol. The molecule has 0 unspecified atom stereocenters. The van der Waals surface area contributed by atoms with Crippen LogP contribution in [0.1, 0.15) is 5.56 Å². The Morgan fingerprint density at radius 1 is 0.313 bits per heavy atom. The van der Waals surface area contributed by atoms with Crippen LogP contribution in [-0.4, -0.2) is 13.4 Å². The van der Waals surface area contributed by atoms with E-state index in [1.165, 1.54) is 102 Å². The van der Waals surface area contributed by atoms with E-state index in [-0.39, 0.29) is 13.4 Å². The van der Waals surface area contributed by atoms with Gasteiger partial charge in [0.15, 0.2) is 0 Å². The summed E-state index contributed by atoms with van der Waals surface area (Å²) in [6.45, 7) is 2.14. The van der Waals surface area contributed by atoms with E-state index in [0.717, 1.165) is 45.5 Å². The van der Waals surface area contributed by atoms with Gasteiger partial charge in [0.2, 0.25) is 6.71 Å². The summed E-state index contributed by atoms with van der Waals surface area (Å²) in [5, 5.41) is 4.89. The number of rotatable bonds is 8. The molecule has 0 fully saturated rings. The maximum absolute atomic E-state index is 2.64. The second kappa shape index (κ2) is 19.3. The maximum Gasteiger partial charge on any atom is 0.252 e. The fourth-order valence-electron chi connectivity index (χ4n) is 13.7. The van der Waals surface area contributed by atoms with Crippen molar-refractivity contribution in [3.8, 4) is 0 Å². The Kier molecular flexibility index (Phi) is 11.2. The number of benzene rings is 13. The van der Waals surface area contributed by atoms with Gasteiger partial charge in [0.05, 0.1) is 5.69 Å². The van der Waals surface area contributed by atoms with E-state index in [4.69, 9.17) is 0 Å². The van der Waals surface area contributed by atoms with Crippen molar-refractivity contribution in [2.24, 2.45) is 0 Å². The van der Waals surface area contributed by atoms with Gasteiger partial charge in [0, 0.05) is 87.5 Å². The first-order chi connectivity index (χ1) is 41.1. The molecule has 4 heterocycles. The minimum absolute atomic E-state index is 0.0364. The van der Waals surface area contributed by atoms with Crippen molar-refractivity contribution in [1.82, 2.24) is 0 Å². The topological polar surface area (TPSA) is 13.0 Å². The predicted molar refractivity (Wildman–Crippen MR) is 355 cm³/mol. The lowest BCUT2D eigenvalue weighted by Gasteiger charge is -2.45. The molecule has 388 valence electrons. The molecule has 0 N–H and O–H groups in total. The third-order valence-electron chi connectivity index (χ3n) is 17.3. The Hall–Kier alpha value is -9.59.